The van der Waals surface area contributed by atoms with Crippen LogP contribution in [0.4, 0.5) is 0 Å². The molecule has 0 N–H and O–H groups in total. The van der Waals surface area contributed by atoms with Crippen LogP contribution in [-0.2, 0) is 0 Å². The standard InChI is InChI=1S/C16H19BrN2S/c1-10-3-2-6-19(10)13-7-11(8-13)16-18-14-5-4-12(17)9-15(14)20-16/h4-5,9-11,13H,2-3,6-8H2,1H3/t10-,11?,13?/m1/s1. The normalized spacial score (nSPS) is 30.8. The molecule has 106 valence electrons. The first-order valence-corrected chi connectivity index (χ1v) is 9.13. The molecule has 0 amide bonds. The van der Waals surface area contributed by atoms with Gasteiger partial charge in [-0.25, -0.2) is 4.98 Å². The smallest absolute Gasteiger partial charge is 0.0970 e. The Kier molecular flexibility index (Phi) is 3.36. The fourth-order valence-corrected chi connectivity index (χ4v) is 5.29. The van der Waals surface area contributed by atoms with E-state index in [9.17, 15) is 0 Å². The molecular weight excluding hydrogens is 332 g/mol. The van der Waals surface area contributed by atoms with Gasteiger partial charge in [0.15, 0.2) is 0 Å². The number of fused-ring (bicyclic) bond motifs is 1. The van der Waals surface area contributed by atoms with Crippen LogP contribution >= 0.6 is 27.3 Å². The van der Waals surface area contributed by atoms with Gasteiger partial charge in [0, 0.05) is 22.5 Å². The van der Waals surface area contributed by atoms with E-state index >= 15 is 0 Å². The van der Waals surface area contributed by atoms with Crippen molar-refractivity contribution >= 4 is 37.5 Å². The first-order valence-electron chi connectivity index (χ1n) is 7.52. The Bertz CT molecular complexity index is 632. The molecule has 1 saturated carbocycles. The minimum Gasteiger partial charge on any atom is -0.298 e. The molecule has 2 fully saturated rings. The minimum absolute atomic E-state index is 0.698. The van der Waals surface area contributed by atoms with Crippen LogP contribution in [0.2, 0.25) is 0 Å². The van der Waals surface area contributed by atoms with Crippen LogP contribution in [0, 0.1) is 0 Å². The van der Waals surface area contributed by atoms with Gasteiger partial charge in [-0.2, -0.15) is 0 Å². The second-order valence-electron chi connectivity index (χ2n) is 6.22. The first-order chi connectivity index (χ1) is 9.70. The monoisotopic (exact) mass is 350 g/mol. The highest BCUT2D eigenvalue weighted by Crippen LogP contribution is 2.44. The van der Waals surface area contributed by atoms with E-state index in [1.165, 1.54) is 41.9 Å². The van der Waals surface area contributed by atoms with Crippen molar-refractivity contribution in [2.24, 2.45) is 0 Å². The van der Waals surface area contributed by atoms with Crippen molar-refractivity contribution in [3.63, 3.8) is 0 Å². The average Bonchev–Trinajstić information content (AvgIpc) is 2.94. The number of nitrogens with zero attached hydrogens (tertiary/aromatic N) is 2. The Morgan fingerprint density at radius 3 is 2.95 bits per heavy atom. The fourth-order valence-electron chi connectivity index (χ4n) is 3.65. The largest absolute Gasteiger partial charge is 0.298 e. The molecule has 1 aliphatic carbocycles. The third kappa shape index (κ3) is 2.22. The molecule has 1 aliphatic heterocycles. The molecule has 1 saturated heterocycles. The van der Waals surface area contributed by atoms with E-state index in [0.29, 0.717) is 5.92 Å². The Labute approximate surface area is 132 Å². The number of rotatable bonds is 2. The van der Waals surface area contributed by atoms with Crippen LogP contribution in [0.1, 0.15) is 43.5 Å². The average molecular weight is 351 g/mol. The molecule has 20 heavy (non-hydrogen) atoms. The molecule has 0 radical (unpaired) electrons. The van der Waals surface area contributed by atoms with Crippen LogP contribution in [0.5, 0.6) is 0 Å². The maximum atomic E-state index is 4.84. The van der Waals surface area contributed by atoms with Gasteiger partial charge in [-0.15, -0.1) is 11.3 Å². The van der Waals surface area contributed by atoms with Crippen LogP contribution in [0.3, 0.4) is 0 Å². The van der Waals surface area contributed by atoms with Crippen molar-refractivity contribution < 1.29 is 0 Å². The zero-order valence-corrected chi connectivity index (χ0v) is 14.1. The van der Waals surface area contributed by atoms with Crippen molar-refractivity contribution in [1.82, 2.24) is 9.88 Å². The Morgan fingerprint density at radius 1 is 1.35 bits per heavy atom. The Morgan fingerprint density at radius 2 is 2.20 bits per heavy atom. The highest BCUT2D eigenvalue weighted by atomic mass is 79.9. The van der Waals surface area contributed by atoms with E-state index in [4.69, 9.17) is 4.98 Å². The van der Waals surface area contributed by atoms with E-state index in [1.54, 1.807) is 0 Å². The van der Waals surface area contributed by atoms with Crippen LogP contribution in [0.25, 0.3) is 10.2 Å². The van der Waals surface area contributed by atoms with Crippen molar-refractivity contribution in [3.8, 4) is 0 Å². The topological polar surface area (TPSA) is 16.1 Å². The fraction of sp³-hybridized carbons (Fsp3) is 0.562. The van der Waals surface area contributed by atoms with Gasteiger partial charge in [-0.1, -0.05) is 15.9 Å². The van der Waals surface area contributed by atoms with Gasteiger partial charge in [0.2, 0.25) is 0 Å². The maximum absolute atomic E-state index is 4.84. The van der Waals surface area contributed by atoms with Crippen molar-refractivity contribution in [2.45, 2.75) is 50.6 Å². The summed E-state index contributed by atoms with van der Waals surface area (Å²) in [6, 6.07) is 8.01. The highest BCUT2D eigenvalue weighted by Gasteiger charge is 2.39. The number of hydrogen-bond donors (Lipinski definition) is 0. The van der Waals surface area contributed by atoms with Crippen molar-refractivity contribution in [1.29, 1.82) is 0 Å². The molecule has 0 unspecified atom stereocenters. The van der Waals surface area contributed by atoms with Crippen molar-refractivity contribution in [2.75, 3.05) is 6.54 Å². The third-order valence-electron chi connectivity index (χ3n) is 4.90. The first kappa shape index (κ1) is 13.2. The summed E-state index contributed by atoms with van der Waals surface area (Å²) in [6.45, 7) is 3.70. The lowest BCUT2D eigenvalue weighted by Gasteiger charge is -2.42. The lowest BCUT2D eigenvalue weighted by Crippen LogP contribution is -2.45. The molecule has 0 spiro atoms. The number of benzene rings is 1. The molecule has 1 aromatic carbocycles. The predicted molar refractivity (Wildman–Crippen MR) is 88.5 cm³/mol. The quantitative estimate of drug-likeness (QED) is 0.773. The van der Waals surface area contributed by atoms with Gasteiger partial charge < -0.3 is 0 Å². The number of halogens is 1. The summed E-state index contributed by atoms with van der Waals surface area (Å²) in [7, 11) is 0. The molecule has 2 aromatic rings. The minimum atomic E-state index is 0.698. The van der Waals surface area contributed by atoms with Gasteiger partial charge >= 0.3 is 0 Å². The van der Waals surface area contributed by atoms with Gasteiger partial charge in [0.05, 0.1) is 15.2 Å². The summed E-state index contributed by atoms with van der Waals surface area (Å²) < 4.78 is 2.46. The van der Waals surface area contributed by atoms with Crippen LogP contribution in [0.15, 0.2) is 22.7 Å². The molecule has 4 rings (SSSR count). The molecule has 2 heterocycles. The molecule has 1 aromatic heterocycles. The van der Waals surface area contributed by atoms with Crippen LogP contribution in [-0.4, -0.2) is 28.5 Å². The van der Waals surface area contributed by atoms with Gasteiger partial charge in [0.25, 0.3) is 0 Å². The van der Waals surface area contributed by atoms with Gasteiger partial charge in [-0.3, -0.25) is 4.90 Å². The lowest BCUT2D eigenvalue weighted by atomic mass is 9.79. The molecule has 2 aliphatic rings. The SMILES string of the molecule is C[C@@H]1CCCN1C1CC(c2nc3ccc(Br)cc3s2)C1. The highest BCUT2D eigenvalue weighted by molar-refractivity contribution is 9.10. The maximum Gasteiger partial charge on any atom is 0.0970 e. The molecule has 2 nitrogen and oxygen atoms in total. The Balaban J connectivity index is 1.49. The third-order valence-corrected chi connectivity index (χ3v) is 6.58. The molecule has 1 atom stereocenters. The van der Waals surface area contributed by atoms with E-state index in [0.717, 1.165) is 22.1 Å². The summed E-state index contributed by atoms with van der Waals surface area (Å²) in [5.41, 5.74) is 1.16. The Hall–Kier alpha value is -0.450. The second-order valence-corrected chi connectivity index (χ2v) is 8.19. The zero-order valence-electron chi connectivity index (χ0n) is 11.7. The molecular formula is C16H19BrN2S. The van der Waals surface area contributed by atoms with E-state index in [1.807, 2.05) is 11.3 Å². The number of hydrogen-bond acceptors (Lipinski definition) is 3. The van der Waals surface area contributed by atoms with E-state index in [-0.39, 0.29) is 0 Å². The van der Waals surface area contributed by atoms with Gasteiger partial charge in [-0.05, 0) is 57.4 Å². The number of thiazole rings is 1. The summed E-state index contributed by atoms with van der Waals surface area (Å²) >= 11 is 5.42. The molecule has 4 heteroatoms. The summed E-state index contributed by atoms with van der Waals surface area (Å²) in [6.07, 6.45) is 5.39. The zero-order chi connectivity index (χ0) is 13.7. The number of aromatic nitrogens is 1. The summed E-state index contributed by atoms with van der Waals surface area (Å²) in [4.78, 5) is 7.56. The second kappa shape index (κ2) is 5.08. The summed E-state index contributed by atoms with van der Waals surface area (Å²) in [5.74, 6) is 0.698. The van der Waals surface area contributed by atoms with Crippen molar-refractivity contribution in [3.05, 3.63) is 27.7 Å². The van der Waals surface area contributed by atoms with E-state index < -0.39 is 0 Å². The lowest BCUT2D eigenvalue weighted by molar-refractivity contribution is 0.103. The molecule has 0 bridgehead atoms. The van der Waals surface area contributed by atoms with E-state index in [2.05, 4.69) is 46.0 Å². The van der Waals surface area contributed by atoms with Gasteiger partial charge in [0.1, 0.15) is 0 Å². The number of likely N-dealkylation sites (tertiary alicyclic amines) is 1. The summed E-state index contributed by atoms with van der Waals surface area (Å²) in [5, 5.41) is 1.35. The predicted octanol–water partition coefficient (Wildman–Crippen LogP) is 4.79. The van der Waals surface area contributed by atoms with Crippen LogP contribution < -0.4 is 0 Å².